The quantitative estimate of drug-likeness (QED) is 0.339. The molecule has 9 heteroatoms. The fourth-order valence-electron chi connectivity index (χ4n) is 4.47. The van der Waals surface area contributed by atoms with Gasteiger partial charge in [0.2, 0.25) is 0 Å². The Morgan fingerprint density at radius 2 is 1.83 bits per heavy atom. The fourth-order valence-corrected chi connectivity index (χ4v) is 4.47. The predicted molar refractivity (Wildman–Crippen MR) is 155 cm³/mol. The zero-order chi connectivity index (χ0) is 28.9. The molecule has 2 fully saturated rings. The van der Waals surface area contributed by atoms with Crippen molar-refractivity contribution < 1.29 is 28.6 Å². The number of amides is 2. The highest BCUT2D eigenvalue weighted by atomic mass is 16.8. The van der Waals surface area contributed by atoms with Gasteiger partial charge in [-0.1, -0.05) is 36.1 Å². The van der Waals surface area contributed by atoms with Crippen LogP contribution in [0, 0.1) is 11.8 Å². The van der Waals surface area contributed by atoms with E-state index in [2.05, 4.69) is 51.8 Å². The van der Waals surface area contributed by atoms with E-state index in [4.69, 9.17) is 19.0 Å². The highest BCUT2D eigenvalue weighted by Crippen LogP contribution is 2.13. The van der Waals surface area contributed by atoms with Crippen molar-refractivity contribution in [1.82, 2.24) is 15.7 Å². The van der Waals surface area contributed by atoms with Crippen LogP contribution in [0.2, 0.25) is 0 Å². The second-order valence-electron chi connectivity index (χ2n) is 10.1. The molecule has 2 aromatic carbocycles. The molecule has 2 N–H and O–H groups in total. The van der Waals surface area contributed by atoms with Gasteiger partial charge in [-0.3, -0.25) is 14.5 Å². The number of rotatable bonds is 10. The molecule has 0 radical (unpaired) electrons. The number of carbonyl (C=O) groups is 2. The second-order valence-corrected chi connectivity index (χ2v) is 10.1. The lowest BCUT2D eigenvalue weighted by atomic mass is 10.1. The molecule has 2 aliphatic heterocycles. The zero-order valence-electron chi connectivity index (χ0n) is 23.8. The van der Waals surface area contributed by atoms with Gasteiger partial charge < -0.3 is 19.5 Å². The summed E-state index contributed by atoms with van der Waals surface area (Å²) in [5.74, 6) is 5.21. The van der Waals surface area contributed by atoms with E-state index in [1.54, 1.807) is 31.2 Å². The first-order valence-corrected chi connectivity index (χ1v) is 14.1. The molecule has 0 aromatic heterocycles. The Morgan fingerprint density at radius 1 is 1.07 bits per heavy atom. The topological polar surface area (TPSA) is 98.4 Å². The van der Waals surface area contributed by atoms with E-state index in [9.17, 15) is 9.59 Å². The van der Waals surface area contributed by atoms with E-state index in [0.29, 0.717) is 18.6 Å². The molecule has 218 valence electrons. The van der Waals surface area contributed by atoms with Crippen LogP contribution in [-0.4, -0.2) is 75.2 Å². The zero-order valence-corrected chi connectivity index (χ0v) is 23.8. The van der Waals surface area contributed by atoms with Gasteiger partial charge in [0.1, 0.15) is 6.04 Å². The van der Waals surface area contributed by atoms with Gasteiger partial charge in [0.25, 0.3) is 11.8 Å². The van der Waals surface area contributed by atoms with Crippen molar-refractivity contribution in [2.24, 2.45) is 0 Å². The highest BCUT2D eigenvalue weighted by molar-refractivity contribution is 5.97. The first-order valence-electron chi connectivity index (χ1n) is 14.1. The summed E-state index contributed by atoms with van der Waals surface area (Å²) in [5.41, 5.74) is 5.94. The van der Waals surface area contributed by atoms with Crippen LogP contribution in [0.15, 0.2) is 54.6 Å². The van der Waals surface area contributed by atoms with Gasteiger partial charge in [-0.2, -0.15) is 0 Å². The third kappa shape index (κ3) is 9.81. The Morgan fingerprint density at radius 3 is 2.51 bits per heavy atom. The summed E-state index contributed by atoms with van der Waals surface area (Å²) in [6, 6.07) is 14.4. The number of carbonyl (C=O) groups excluding carboxylic acids is 2. The van der Waals surface area contributed by atoms with Crippen LogP contribution < -0.4 is 10.8 Å². The standard InChI is InChI=1S/C32H39N3O6/c1-24(38-2)30(32(37)34-41-29-9-5-6-20-40-29)33-31(36)28-16-14-26(15-17-28)8-4-3-7-25-10-12-27(13-11-25)23-35-18-21-39-22-19-35/h3,7,10-17,24,29-30H,5-6,9,18-23H2,1-2H3,(H,33,36)(H,34,37)/t24-,29?,30+/m1/s1. The van der Waals surface area contributed by atoms with Crippen molar-refractivity contribution in [3.63, 3.8) is 0 Å². The van der Waals surface area contributed by atoms with E-state index in [-0.39, 0.29) is 0 Å². The van der Waals surface area contributed by atoms with Crippen LogP contribution in [-0.2, 0) is 30.4 Å². The van der Waals surface area contributed by atoms with E-state index in [0.717, 1.165) is 56.8 Å². The number of morpholine rings is 1. The fraction of sp³-hybridized carbons (Fsp3) is 0.438. The number of methoxy groups -OCH3 is 1. The minimum Gasteiger partial charge on any atom is -0.379 e. The Balaban J connectivity index is 1.27. The van der Waals surface area contributed by atoms with Gasteiger partial charge in [0.15, 0.2) is 6.29 Å². The molecular formula is C32H39N3O6. The number of allylic oxidation sites excluding steroid dienone is 1. The molecule has 0 spiro atoms. The molecule has 2 aliphatic rings. The number of hydrogen-bond donors (Lipinski definition) is 2. The number of hydrogen-bond acceptors (Lipinski definition) is 7. The van der Waals surface area contributed by atoms with Crippen molar-refractivity contribution in [2.45, 2.75) is 51.2 Å². The molecule has 1 unspecified atom stereocenters. The molecule has 0 aliphatic carbocycles. The summed E-state index contributed by atoms with van der Waals surface area (Å²) in [6.07, 6.45) is 5.36. The largest absolute Gasteiger partial charge is 0.379 e. The first-order chi connectivity index (χ1) is 20.0. The molecular weight excluding hydrogens is 522 g/mol. The number of ether oxygens (including phenoxy) is 3. The van der Waals surface area contributed by atoms with Gasteiger partial charge >= 0.3 is 0 Å². The van der Waals surface area contributed by atoms with Crippen LogP contribution >= 0.6 is 0 Å². The highest BCUT2D eigenvalue weighted by Gasteiger charge is 2.29. The summed E-state index contributed by atoms with van der Waals surface area (Å²) in [7, 11) is 1.48. The van der Waals surface area contributed by atoms with Crippen molar-refractivity contribution in [3.05, 3.63) is 76.9 Å². The maximum Gasteiger partial charge on any atom is 0.268 e. The molecule has 4 rings (SSSR count). The van der Waals surface area contributed by atoms with E-state index in [1.807, 2.05) is 12.2 Å². The summed E-state index contributed by atoms with van der Waals surface area (Å²) in [4.78, 5) is 33.4. The van der Waals surface area contributed by atoms with E-state index < -0.39 is 30.3 Å². The third-order valence-electron chi connectivity index (χ3n) is 7.05. The van der Waals surface area contributed by atoms with Crippen LogP contribution in [0.3, 0.4) is 0 Å². The molecule has 2 heterocycles. The first kappa shape index (κ1) is 30.4. The Kier molecular flexibility index (Phi) is 11.9. The lowest BCUT2D eigenvalue weighted by Gasteiger charge is -2.26. The third-order valence-corrected chi connectivity index (χ3v) is 7.05. The van der Waals surface area contributed by atoms with E-state index in [1.165, 1.54) is 12.7 Å². The summed E-state index contributed by atoms with van der Waals surface area (Å²) in [6.45, 7) is 6.77. The van der Waals surface area contributed by atoms with Gasteiger partial charge in [-0.25, -0.2) is 10.3 Å². The summed E-state index contributed by atoms with van der Waals surface area (Å²) >= 11 is 0. The molecule has 2 amide bonds. The smallest absolute Gasteiger partial charge is 0.268 e. The lowest BCUT2D eigenvalue weighted by molar-refractivity contribution is -0.202. The molecule has 9 nitrogen and oxygen atoms in total. The van der Waals surface area contributed by atoms with Gasteiger partial charge in [-0.05, 0) is 67.3 Å². The molecule has 3 atom stereocenters. The SMILES string of the molecule is CO[C@H](C)[C@H](NC(=O)c1ccc(C#CC=Cc2ccc(CN3CCOCC3)cc2)cc1)C(=O)NOC1CCCCO1. The van der Waals surface area contributed by atoms with Gasteiger partial charge in [-0.15, -0.1) is 0 Å². The van der Waals surface area contributed by atoms with Crippen molar-refractivity contribution in [1.29, 1.82) is 0 Å². The average Bonchev–Trinajstić information content (AvgIpc) is 3.02. The summed E-state index contributed by atoms with van der Waals surface area (Å²) < 4.78 is 16.2. The molecule has 2 aromatic rings. The van der Waals surface area contributed by atoms with Crippen LogP contribution in [0.25, 0.3) is 6.08 Å². The second kappa shape index (κ2) is 16.1. The number of nitrogens with one attached hydrogen (secondary N) is 2. The molecule has 2 saturated heterocycles. The molecule has 41 heavy (non-hydrogen) atoms. The van der Waals surface area contributed by atoms with Crippen molar-refractivity contribution in [3.8, 4) is 11.8 Å². The maximum absolute atomic E-state index is 12.9. The van der Waals surface area contributed by atoms with Crippen LogP contribution in [0.5, 0.6) is 0 Å². The Labute approximate surface area is 242 Å². The van der Waals surface area contributed by atoms with Crippen molar-refractivity contribution >= 4 is 17.9 Å². The maximum atomic E-state index is 12.9. The Bertz CT molecular complexity index is 1210. The monoisotopic (exact) mass is 561 g/mol. The number of benzene rings is 2. The number of hydroxylamine groups is 1. The Hall–Kier alpha value is -3.52. The summed E-state index contributed by atoms with van der Waals surface area (Å²) in [5, 5.41) is 2.74. The average molecular weight is 562 g/mol. The van der Waals surface area contributed by atoms with Gasteiger partial charge in [0, 0.05) is 50.9 Å². The predicted octanol–water partition coefficient (Wildman–Crippen LogP) is 3.29. The van der Waals surface area contributed by atoms with Crippen LogP contribution in [0.4, 0.5) is 0 Å². The van der Waals surface area contributed by atoms with Crippen molar-refractivity contribution in [2.75, 3.05) is 40.0 Å². The minimum absolute atomic E-state index is 0.403. The lowest BCUT2D eigenvalue weighted by Crippen LogP contribution is -2.53. The van der Waals surface area contributed by atoms with Gasteiger partial charge in [0.05, 0.1) is 19.3 Å². The normalized spacial score (nSPS) is 19.1. The minimum atomic E-state index is -0.950. The number of nitrogens with zero attached hydrogens (tertiary/aromatic N) is 1. The molecule has 0 saturated carbocycles. The van der Waals surface area contributed by atoms with Crippen LogP contribution in [0.1, 0.15) is 53.2 Å². The van der Waals surface area contributed by atoms with E-state index >= 15 is 0 Å². The molecule has 0 bridgehead atoms.